The largest absolute Gasteiger partial charge is 0.396 e. The number of pyridine rings is 1. The van der Waals surface area contributed by atoms with Crippen molar-refractivity contribution in [3.63, 3.8) is 0 Å². The van der Waals surface area contributed by atoms with Gasteiger partial charge in [-0.05, 0) is 61.2 Å². The van der Waals surface area contributed by atoms with Crippen molar-refractivity contribution in [1.82, 2.24) is 15.0 Å². The van der Waals surface area contributed by atoms with Gasteiger partial charge in [-0.25, -0.2) is 14.4 Å². The number of hydrogen-bond donors (Lipinski definition) is 3. The fraction of sp³-hybridized carbons (Fsp3) is 0.240. The Labute approximate surface area is 196 Å². The second-order valence-corrected chi connectivity index (χ2v) is 8.31. The number of imidazole rings is 1. The first-order chi connectivity index (χ1) is 16.4. The summed E-state index contributed by atoms with van der Waals surface area (Å²) in [6.07, 6.45) is 8.29. The van der Waals surface area contributed by atoms with Gasteiger partial charge in [0.2, 0.25) is 5.91 Å². The van der Waals surface area contributed by atoms with Crippen molar-refractivity contribution >= 4 is 40.5 Å². The second kappa shape index (κ2) is 9.27. The topological polar surface area (TPSA) is 133 Å². The number of anilines is 2. The number of nitrogen functional groups attached to an aromatic ring is 1. The summed E-state index contributed by atoms with van der Waals surface area (Å²) < 4.78 is 15.0. The van der Waals surface area contributed by atoms with Crippen LogP contribution in [0, 0.1) is 29.0 Å². The third-order valence-corrected chi connectivity index (χ3v) is 6.33. The number of H-pyrrole nitrogens is 1. The summed E-state index contributed by atoms with van der Waals surface area (Å²) >= 11 is 0. The van der Waals surface area contributed by atoms with Crippen LogP contribution in [0.25, 0.3) is 16.3 Å². The van der Waals surface area contributed by atoms with E-state index in [1.54, 1.807) is 37.7 Å². The van der Waals surface area contributed by atoms with Gasteiger partial charge in [0.1, 0.15) is 5.82 Å². The Morgan fingerprint density at radius 3 is 2.88 bits per heavy atom. The van der Waals surface area contributed by atoms with Crippen LogP contribution >= 0.6 is 0 Å². The third-order valence-electron chi connectivity index (χ3n) is 6.33. The Morgan fingerprint density at radius 2 is 2.21 bits per heavy atom. The monoisotopic (exact) mass is 457 g/mol. The summed E-state index contributed by atoms with van der Waals surface area (Å²) in [5.74, 6) is -1.01. The lowest BCUT2D eigenvalue weighted by atomic mass is 9.97. The van der Waals surface area contributed by atoms with Crippen LogP contribution in [0.15, 0.2) is 53.7 Å². The first kappa shape index (κ1) is 22.9. The van der Waals surface area contributed by atoms with Crippen molar-refractivity contribution in [1.29, 1.82) is 5.26 Å². The number of rotatable bonds is 7. The van der Waals surface area contributed by atoms with E-state index < -0.39 is 5.82 Å². The van der Waals surface area contributed by atoms with Gasteiger partial charge < -0.3 is 16.0 Å². The molecule has 9 heteroatoms. The van der Waals surface area contributed by atoms with Crippen LogP contribution in [0.1, 0.15) is 37.4 Å². The molecule has 0 bridgehead atoms. The average molecular weight is 458 g/mol. The van der Waals surface area contributed by atoms with Gasteiger partial charge in [0, 0.05) is 41.9 Å². The number of nitrogens with one attached hydrogen (secondary N) is 2. The number of nitriles is 1. The first-order valence-corrected chi connectivity index (χ1v) is 10.7. The molecule has 0 unspecified atom stereocenters. The third kappa shape index (κ3) is 4.18. The fourth-order valence-corrected chi connectivity index (χ4v) is 4.30. The minimum absolute atomic E-state index is 0.00859. The van der Waals surface area contributed by atoms with Gasteiger partial charge in [-0.3, -0.25) is 9.79 Å². The highest BCUT2D eigenvalue weighted by Gasteiger charge is 2.56. The normalized spacial score (nSPS) is 20.1. The molecule has 0 spiro atoms. The number of fused-ring (bicyclic) bond motifs is 1. The lowest BCUT2D eigenvalue weighted by molar-refractivity contribution is -0.117. The van der Waals surface area contributed by atoms with Crippen LogP contribution < -0.4 is 11.1 Å². The number of allylic oxidation sites excluding steroid dienone is 3. The predicted molar refractivity (Wildman–Crippen MR) is 130 cm³/mol. The molecule has 1 aromatic carbocycles. The van der Waals surface area contributed by atoms with E-state index in [1.165, 1.54) is 12.4 Å². The van der Waals surface area contributed by atoms with Crippen LogP contribution in [0.4, 0.5) is 15.9 Å². The van der Waals surface area contributed by atoms with E-state index >= 15 is 4.39 Å². The molecule has 3 atom stereocenters. The van der Waals surface area contributed by atoms with E-state index in [0.717, 1.165) is 11.3 Å². The van der Waals surface area contributed by atoms with Gasteiger partial charge in [0.25, 0.3) is 0 Å². The maximum atomic E-state index is 15.0. The number of aromatic amines is 1. The molecule has 1 fully saturated rings. The number of aromatic nitrogens is 3. The molecule has 1 amide bonds. The summed E-state index contributed by atoms with van der Waals surface area (Å²) in [5.41, 5.74) is 8.70. The number of nitrogens with two attached hydrogens (primary N) is 1. The van der Waals surface area contributed by atoms with Crippen LogP contribution in [-0.4, -0.2) is 27.6 Å². The van der Waals surface area contributed by atoms with Gasteiger partial charge in [-0.2, -0.15) is 5.26 Å². The molecule has 34 heavy (non-hydrogen) atoms. The highest BCUT2D eigenvalue weighted by atomic mass is 19.1. The highest BCUT2D eigenvalue weighted by Crippen LogP contribution is 2.55. The molecule has 1 aliphatic rings. The molecule has 3 aromatic rings. The summed E-state index contributed by atoms with van der Waals surface area (Å²) in [6, 6.07) is 5.50. The zero-order chi connectivity index (χ0) is 24.4. The van der Waals surface area contributed by atoms with Gasteiger partial charge >= 0.3 is 0 Å². The van der Waals surface area contributed by atoms with E-state index in [2.05, 4.69) is 38.0 Å². The number of aliphatic imine (C=N–C) groups is 1. The molecule has 4 rings (SSSR count). The van der Waals surface area contributed by atoms with E-state index in [0.29, 0.717) is 27.7 Å². The number of benzene rings is 1. The Morgan fingerprint density at radius 1 is 1.41 bits per heavy atom. The van der Waals surface area contributed by atoms with E-state index in [4.69, 9.17) is 11.0 Å². The van der Waals surface area contributed by atoms with Gasteiger partial charge in [-0.15, -0.1) is 0 Å². The molecule has 0 radical (unpaired) electrons. The van der Waals surface area contributed by atoms with E-state index in [1.807, 2.05) is 6.92 Å². The number of halogens is 1. The zero-order valence-electron chi connectivity index (χ0n) is 18.8. The molecule has 8 nitrogen and oxygen atoms in total. The molecule has 172 valence electrons. The summed E-state index contributed by atoms with van der Waals surface area (Å²) in [7, 11) is 0. The zero-order valence-corrected chi connectivity index (χ0v) is 18.8. The van der Waals surface area contributed by atoms with Crippen molar-refractivity contribution in [2.24, 2.45) is 16.8 Å². The lowest BCUT2D eigenvalue weighted by Gasteiger charge is -2.13. The smallest absolute Gasteiger partial charge is 0.229 e. The maximum absolute atomic E-state index is 15.0. The van der Waals surface area contributed by atoms with Crippen LogP contribution in [0.3, 0.4) is 0 Å². The summed E-state index contributed by atoms with van der Waals surface area (Å²) in [5, 5.41) is 13.1. The van der Waals surface area contributed by atoms with Crippen LogP contribution in [0.2, 0.25) is 0 Å². The molecule has 0 aliphatic heterocycles. The molecule has 4 N–H and O–H groups in total. The predicted octanol–water partition coefficient (Wildman–Crippen LogP) is 4.57. The molecular weight excluding hydrogens is 433 g/mol. The summed E-state index contributed by atoms with van der Waals surface area (Å²) in [4.78, 5) is 28.0. The van der Waals surface area contributed by atoms with Crippen molar-refractivity contribution in [2.75, 3.05) is 11.1 Å². The first-order valence-electron chi connectivity index (χ1n) is 10.7. The standard InChI is InChI=1S/C25H24FN7O/c1-13(5-7-29-3)14(2)17-8-15-9-20(31-10-18(15)24(28)23(17)26)33-25(34)22-16(4-6-27)21(22)19-11-30-12-32-19/h5,7-12,16,21-22H,3-4,28H2,1-2H3,(H,30,32)(H,31,33,34)/b7-5-,14-13+/t16-,21+,22+/m1/s1. The minimum Gasteiger partial charge on any atom is -0.396 e. The Hall–Kier alpha value is -4.32. The molecule has 2 heterocycles. The van der Waals surface area contributed by atoms with Crippen molar-refractivity contribution in [3.05, 3.63) is 65.8 Å². The second-order valence-electron chi connectivity index (χ2n) is 8.31. The molecule has 2 aromatic heterocycles. The van der Waals surface area contributed by atoms with E-state index in [-0.39, 0.29) is 35.8 Å². The number of nitrogens with zero attached hydrogens (tertiary/aromatic N) is 4. The molecule has 0 saturated heterocycles. The Balaban J connectivity index is 1.64. The van der Waals surface area contributed by atoms with E-state index in [9.17, 15) is 4.79 Å². The molecular formula is C25H24FN7O. The summed E-state index contributed by atoms with van der Waals surface area (Å²) in [6.45, 7) is 7.05. The number of carbonyl (C=O) groups is 1. The van der Waals surface area contributed by atoms with Crippen molar-refractivity contribution in [2.45, 2.75) is 26.2 Å². The Bertz CT molecular complexity index is 1370. The van der Waals surface area contributed by atoms with Gasteiger partial charge in [0.05, 0.1) is 29.7 Å². The number of carbonyl (C=O) groups excluding carboxylic acids is 1. The van der Waals surface area contributed by atoms with Crippen LogP contribution in [0.5, 0.6) is 0 Å². The fourth-order valence-electron chi connectivity index (χ4n) is 4.30. The molecule has 1 aliphatic carbocycles. The van der Waals surface area contributed by atoms with Crippen LogP contribution in [-0.2, 0) is 4.79 Å². The van der Waals surface area contributed by atoms with Crippen molar-refractivity contribution < 1.29 is 9.18 Å². The lowest BCUT2D eigenvalue weighted by Crippen LogP contribution is -2.16. The quantitative estimate of drug-likeness (QED) is 0.272. The number of amides is 1. The average Bonchev–Trinajstić information content (AvgIpc) is 3.27. The SMILES string of the molecule is C=N/C=C\C(C)=C(/C)c1cc2cc(NC(=O)[C@H]3[C@H](CC#N)[C@H]3c3c[nH]cn3)ncc2c(N)c1F. The van der Waals surface area contributed by atoms with Crippen molar-refractivity contribution in [3.8, 4) is 6.07 Å². The highest BCUT2D eigenvalue weighted by molar-refractivity contribution is 6.00. The van der Waals surface area contributed by atoms with Gasteiger partial charge in [0.15, 0.2) is 5.82 Å². The molecule has 1 saturated carbocycles. The maximum Gasteiger partial charge on any atom is 0.229 e. The minimum atomic E-state index is -0.526. The number of hydrogen-bond acceptors (Lipinski definition) is 6. The Kier molecular flexibility index (Phi) is 6.23. The van der Waals surface area contributed by atoms with Gasteiger partial charge in [-0.1, -0.05) is 0 Å².